The number of ketones is 1. The summed E-state index contributed by atoms with van der Waals surface area (Å²) in [4.78, 5) is 11.8. The van der Waals surface area contributed by atoms with E-state index in [1.165, 1.54) is 36.4 Å². The van der Waals surface area contributed by atoms with Crippen molar-refractivity contribution in [2.24, 2.45) is 0 Å². The quantitative estimate of drug-likeness (QED) is 0.741. The Morgan fingerprint density at radius 1 is 1.06 bits per heavy atom. The fourth-order valence-electron chi connectivity index (χ4n) is 1.84. The molecule has 3 heteroatoms. The number of carbonyl (C=O) groups excluding carboxylic acids is 1. The van der Waals surface area contributed by atoms with Gasteiger partial charge in [-0.15, -0.1) is 0 Å². The van der Waals surface area contributed by atoms with Crippen LogP contribution in [0.5, 0.6) is 0 Å². The number of rotatable bonds is 3. The molecule has 0 N–H and O–H groups in total. The second kappa shape index (κ2) is 5.08. The minimum absolute atomic E-state index is 0.0886. The summed E-state index contributed by atoms with van der Waals surface area (Å²) >= 11 is 0. The van der Waals surface area contributed by atoms with Crippen LogP contribution in [0, 0.1) is 11.6 Å². The van der Waals surface area contributed by atoms with Crippen LogP contribution in [0.1, 0.15) is 23.7 Å². The maximum Gasteiger partial charge on any atom is 0.163 e. The molecule has 0 radical (unpaired) electrons. The van der Waals surface area contributed by atoms with Gasteiger partial charge in [-0.3, -0.25) is 4.79 Å². The number of hydrogen-bond donors (Lipinski definition) is 0. The van der Waals surface area contributed by atoms with Crippen molar-refractivity contribution in [3.63, 3.8) is 0 Å². The average Bonchev–Trinajstić information content (AvgIpc) is 2.38. The van der Waals surface area contributed by atoms with Crippen LogP contribution in [0.2, 0.25) is 0 Å². The summed E-state index contributed by atoms with van der Waals surface area (Å²) in [6, 6.07) is 9.75. The van der Waals surface area contributed by atoms with E-state index in [1.54, 1.807) is 13.0 Å². The monoisotopic (exact) mass is 246 g/mol. The molecular formula is C15H12F2O. The smallest absolute Gasteiger partial charge is 0.163 e. The fraction of sp³-hybridized carbons (Fsp3) is 0.133. The Labute approximate surface area is 104 Å². The van der Waals surface area contributed by atoms with Crippen molar-refractivity contribution >= 4 is 5.78 Å². The predicted octanol–water partition coefficient (Wildman–Crippen LogP) is 4.22. The molecule has 0 heterocycles. The summed E-state index contributed by atoms with van der Waals surface area (Å²) in [5.41, 5.74) is 1.36. The molecule has 0 amide bonds. The van der Waals surface area contributed by atoms with Crippen LogP contribution >= 0.6 is 0 Å². The van der Waals surface area contributed by atoms with Gasteiger partial charge in [0, 0.05) is 12.0 Å². The first-order valence-electron chi connectivity index (χ1n) is 5.70. The molecule has 0 aliphatic carbocycles. The van der Waals surface area contributed by atoms with E-state index >= 15 is 0 Å². The van der Waals surface area contributed by atoms with Crippen LogP contribution in [0.25, 0.3) is 11.1 Å². The maximum atomic E-state index is 13.3. The van der Waals surface area contributed by atoms with Crippen molar-refractivity contribution in [1.82, 2.24) is 0 Å². The van der Waals surface area contributed by atoms with Crippen molar-refractivity contribution in [3.05, 3.63) is 59.7 Å². The van der Waals surface area contributed by atoms with Gasteiger partial charge in [0.15, 0.2) is 5.78 Å². The maximum absolute atomic E-state index is 13.3. The summed E-state index contributed by atoms with van der Waals surface area (Å²) in [5.74, 6) is -0.942. The number of Topliss-reactive ketones (excluding diaryl/α,β-unsaturated/α-hetero) is 1. The molecule has 18 heavy (non-hydrogen) atoms. The highest BCUT2D eigenvalue weighted by Gasteiger charge is 2.12. The Kier molecular flexibility index (Phi) is 3.51. The SMILES string of the molecule is CCC(=O)c1ccc(F)cc1-c1cccc(F)c1. The molecule has 2 aromatic carbocycles. The van der Waals surface area contributed by atoms with E-state index < -0.39 is 11.6 Å². The van der Waals surface area contributed by atoms with Gasteiger partial charge in [-0.05, 0) is 41.5 Å². The molecule has 2 rings (SSSR count). The second-order valence-corrected chi connectivity index (χ2v) is 3.98. The molecule has 0 bridgehead atoms. The molecule has 0 unspecified atom stereocenters. The van der Waals surface area contributed by atoms with Crippen LogP contribution in [0.15, 0.2) is 42.5 Å². The predicted molar refractivity (Wildman–Crippen MR) is 66.4 cm³/mol. The first kappa shape index (κ1) is 12.4. The van der Waals surface area contributed by atoms with Crippen molar-refractivity contribution in [2.45, 2.75) is 13.3 Å². The van der Waals surface area contributed by atoms with Crippen molar-refractivity contribution in [3.8, 4) is 11.1 Å². The lowest BCUT2D eigenvalue weighted by Crippen LogP contribution is -2.00. The van der Waals surface area contributed by atoms with E-state index in [4.69, 9.17) is 0 Å². The zero-order chi connectivity index (χ0) is 13.1. The standard InChI is InChI=1S/C15H12F2O/c1-2-15(18)13-7-6-12(17)9-14(13)10-4-3-5-11(16)8-10/h3-9H,2H2,1H3. The third-order valence-electron chi connectivity index (χ3n) is 2.74. The van der Waals surface area contributed by atoms with Crippen molar-refractivity contribution in [2.75, 3.05) is 0 Å². The molecule has 0 saturated heterocycles. The van der Waals surface area contributed by atoms with Crippen LogP contribution < -0.4 is 0 Å². The van der Waals surface area contributed by atoms with Gasteiger partial charge in [-0.25, -0.2) is 8.78 Å². The molecule has 0 aliphatic rings. The molecule has 2 aromatic rings. The van der Waals surface area contributed by atoms with Crippen molar-refractivity contribution < 1.29 is 13.6 Å². The molecule has 92 valence electrons. The van der Waals surface area contributed by atoms with Crippen LogP contribution in [0.4, 0.5) is 8.78 Å². The molecule has 0 aromatic heterocycles. The Hall–Kier alpha value is -2.03. The van der Waals surface area contributed by atoms with E-state index in [1.807, 2.05) is 0 Å². The molecular weight excluding hydrogens is 234 g/mol. The molecule has 0 saturated carbocycles. The molecule has 0 spiro atoms. The number of hydrogen-bond acceptors (Lipinski definition) is 1. The zero-order valence-electron chi connectivity index (χ0n) is 9.91. The molecule has 1 nitrogen and oxygen atoms in total. The minimum atomic E-state index is -0.443. The molecule has 0 fully saturated rings. The third-order valence-corrected chi connectivity index (χ3v) is 2.74. The Bertz CT molecular complexity index is 591. The first-order chi connectivity index (χ1) is 8.61. The highest BCUT2D eigenvalue weighted by Crippen LogP contribution is 2.26. The summed E-state index contributed by atoms with van der Waals surface area (Å²) in [6.07, 6.45) is 0.327. The summed E-state index contributed by atoms with van der Waals surface area (Å²) < 4.78 is 26.5. The largest absolute Gasteiger partial charge is 0.294 e. The van der Waals surface area contributed by atoms with E-state index in [0.717, 1.165) is 0 Å². The summed E-state index contributed by atoms with van der Waals surface area (Å²) in [5, 5.41) is 0. The highest BCUT2D eigenvalue weighted by atomic mass is 19.1. The highest BCUT2D eigenvalue weighted by molar-refractivity contribution is 6.02. The van der Waals surface area contributed by atoms with E-state index in [9.17, 15) is 13.6 Å². The van der Waals surface area contributed by atoms with Gasteiger partial charge in [-0.1, -0.05) is 19.1 Å². The van der Waals surface area contributed by atoms with E-state index in [2.05, 4.69) is 0 Å². The lowest BCUT2D eigenvalue weighted by Gasteiger charge is -2.08. The summed E-state index contributed by atoms with van der Waals surface area (Å²) in [7, 11) is 0. The topological polar surface area (TPSA) is 17.1 Å². The summed E-state index contributed by atoms with van der Waals surface area (Å²) in [6.45, 7) is 1.74. The van der Waals surface area contributed by atoms with Gasteiger partial charge in [0.05, 0.1) is 0 Å². The van der Waals surface area contributed by atoms with Gasteiger partial charge in [0.2, 0.25) is 0 Å². The zero-order valence-corrected chi connectivity index (χ0v) is 9.91. The molecule has 0 aliphatic heterocycles. The van der Waals surface area contributed by atoms with Crippen LogP contribution in [-0.2, 0) is 0 Å². The number of halogens is 2. The Balaban J connectivity index is 2.61. The fourth-order valence-corrected chi connectivity index (χ4v) is 1.84. The van der Waals surface area contributed by atoms with Gasteiger partial charge in [0.25, 0.3) is 0 Å². The van der Waals surface area contributed by atoms with Crippen LogP contribution in [0.3, 0.4) is 0 Å². The first-order valence-corrected chi connectivity index (χ1v) is 5.70. The lowest BCUT2D eigenvalue weighted by molar-refractivity contribution is 0.0988. The minimum Gasteiger partial charge on any atom is -0.294 e. The van der Waals surface area contributed by atoms with E-state index in [-0.39, 0.29) is 5.78 Å². The van der Waals surface area contributed by atoms with Crippen molar-refractivity contribution in [1.29, 1.82) is 0 Å². The normalized spacial score (nSPS) is 10.4. The molecule has 0 atom stereocenters. The lowest BCUT2D eigenvalue weighted by atomic mass is 9.96. The number of benzene rings is 2. The van der Waals surface area contributed by atoms with Gasteiger partial charge >= 0.3 is 0 Å². The third kappa shape index (κ3) is 2.45. The Morgan fingerprint density at radius 2 is 1.78 bits per heavy atom. The van der Waals surface area contributed by atoms with Gasteiger partial charge < -0.3 is 0 Å². The number of carbonyl (C=O) groups is 1. The Morgan fingerprint density at radius 3 is 2.44 bits per heavy atom. The second-order valence-electron chi connectivity index (χ2n) is 3.98. The van der Waals surface area contributed by atoms with Gasteiger partial charge in [-0.2, -0.15) is 0 Å². The van der Waals surface area contributed by atoms with Crippen LogP contribution in [-0.4, -0.2) is 5.78 Å². The average molecular weight is 246 g/mol. The van der Waals surface area contributed by atoms with E-state index in [0.29, 0.717) is 23.1 Å². The van der Waals surface area contributed by atoms with Gasteiger partial charge in [0.1, 0.15) is 11.6 Å².